The summed E-state index contributed by atoms with van der Waals surface area (Å²) in [5.41, 5.74) is 5.67. The number of hydrogen-bond acceptors (Lipinski definition) is 8. The zero-order valence-corrected chi connectivity index (χ0v) is 29.5. The molecule has 0 aliphatic carbocycles. The first-order chi connectivity index (χ1) is 24.8. The molecule has 0 bridgehead atoms. The van der Waals surface area contributed by atoms with E-state index in [4.69, 9.17) is 22.1 Å². The molecule has 2 aromatic rings. The van der Waals surface area contributed by atoms with E-state index in [-0.39, 0.29) is 61.3 Å². The van der Waals surface area contributed by atoms with Crippen LogP contribution in [0.1, 0.15) is 61.6 Å². The normalized spacial score (nSPS) is 21.6. The molecule has 3 N–H and O–H groups in total. The summed E-state index contributed by atoms with van der Waals surface area (Å²) in [6.07, 6.45) is -2.71. The highest BCUT2D eigenvalue weighted by Crippen LogP contribution is 2.38. The Balaban J connectivity index is 1.13. The number of nitrogens with zero attached hydrogens (tertiary/aromatic N) is 4. The summed E-state index contributed by atoms with van der Waals surface area (Å²) in [6.45, 7) is 2.11. The molecule has 52 heavy (non-hydrogen) atoms. The Morgan fingerprint density at radius 2 is 1.62 bits per heavy atom. The molecule has 282 valence electrons. The minimum absolute atomic E-state index is 0.0181. The number of carboxylic acids is 1. The Bertz CT molecular complexity index is 1660. The van der Waals surface area contributed by atoms with E-state index in [1.54, 1.807) is 4.90 Å². The number of aliphatic carboxylic acids is 1. The number of fused-ring (bicyclic) bond motifs is 1. The molecule has 4 heterocycles. The number of benzene rings is 2. The maximum atomic E-state index is 14.0. The monoisotopic (exact) mass is 747 g/mol. The largest absolute Gasteiger partial charge is 0.548 e. The molecule has 0 radical (unpaired) electrons. The van der Waals surface area contributed by atoms with Crippen molar-refractivity contribution in [2.75, 3.05) is 50.3 Å². The van der Waals surface area contributed by atoms with Crippen molar-refractivity contribution in [1.29, 1.82) is 0 Å². The lowest BCUT2D eigenvalue weighted by Crippen LogP contribution is -2.57. The first kappa shape index (κ1) is 37.5. The quantitative estimate of drug-likeness (QED) is 0.402. The lowest BCUT2D eigenvalue weighted by Gasteiger charge is -2.45. The number of nitrogen functional groups attached to an aromatic ring is 1. The van der Waals surface area contributed by atoms with Crippen molar-refractivity contribution in [3.63, 3.8) is 0 Å². The molecule has 3 saturated heterocycles. The van der Waals surface area contributed by atoms with Gasteiger partial charge in [0.2, 0.25) is 0 Å². The van der Waals surface area contributed by atoms with Gasteiger partial charge in [0.05, 0.1) is 22.2 Å². The number of nitrogens with one attached hydrogen (secondary N) is 1. The van der Waals surface area contributed by atoms with Gasteiger partial charge in [0.15, 0.2) is 6.10 Å². The Morgan fingerprint density at radius 1 is 0.942 bits per heavy atom. The summed E-state index contributed by atoms with van der Waals surface area (Å²) < 4.78 is 47.3. The van der Waals surface area contributed by atoms with E-state index >= 15 is 0 Å². The summed E-state index contributed by atoms with van der Waals surface area (Å²) >= 11 is 6.09. The molecule has 4 aliphatic heterocycles. The van der Waals surface area contributed by atoms with Gasteiger partial charge in [-0.15, -0.1) is 0 Å². The second-order valence-electron chi connectivity index (χ2n) is 14.0. The highest BCUT2D eigenvalue weighted by Gasteiger charge is 2.39. The number of rotatable bonds is 7. The van der Waals surface area contributed by atoms with Crippen molar-refractivity contribution in [2.24, 2.45) is 0 Å². The van der Waals surface area contributed by atoms with E-state index < -0.39 is 47.5 Å². The average molecular weight is 748 g/mol. The number of likely N-dealkylation sites (tertiary alicyclic amines) is 3. The molecule has 12 nitrogen and oxygen atoms in total. The highest BCUT2D eigenvalue weighted by atomic mass is 35.5. The molecule has 0 spiro atoms. The molecule has 16 heteroatoms. The lowest BCUT2D eigenvalue weighted by atomic mass is 9.94. The summed E-state index contributed by atoms with van der Waals surface area (Å²) in [4.78, 5) is 59.1. The number of carboxylic acid groups (broad SMARTS) is 1. The van der Waals surface area contributed by atoms with Gasteiger partial charge in [-0.1, -0.05) is 36.2 Å². The molecule has 4 amide bonds. The van der Waals surface area contributed by atoms with Gasteiger partial charge in [0, 0.05) is 63.0 Å². The third kappa shape index (κ3) is 8.35. The third-order valence-corrected chi connectivity index (χ3v) is 11.1. The molecule has 0 saturated carbocycles. The van der Waals surface area contributed by atoms with Gasteiger partial charge in [-0.25, -0.2) is 9.59 Å². The van der Waals surface area contributed by atoms with Crippen LogP contribution in [0.15, 0.2) is 36.4 Å². The number of ether oxygens (including phenoxy) is 1. The summed E-state index contributed by atoms with van der Waals surface area (Å²) in [5, 5.41) is 14.4. The number of alkyl halides is 3. The Kier molecular flexibility index (Phi) is 11.4. The van der Waals surface area contributed by atoms with Crippen LogP contribution in [0.25, 0.3) is 0 Å². The van der Waals surface area contributed by atoms with Crippen LogP contribution in [-0.2, 0) is 33.3 Å². The van der Waals surface area contributed by atoms with Crippen LogP contribution in [0, 0.1) is 0 Å². The van der Waals surface area contributed by atoms with Crippen molar-refractivity contribution < 1.29 is 42.2 Å². The average Bonchev–Trinajstić information content (AvgIpc) is 3.30. The van der Waals surface area contributed by atoms with E-state index in [1.165, 1.54) is 15.9 Å². The number of urea groups is 1. The van der Waals surface area contributed by atoms with Crippen molar-refractivity contribution in [2.45, 2.75) is 88.2 Å². The molecule has 0 unspecified atom stereocenters. The minimum atomic E-state index is -4.81. The van der Waals surface area contributed by atoms with Crippen LogP contribution in [0.2, 0.25) is 5.02 Å². The molecule has 3 fully saturated rings. The molecular weight excluding hydrogens is 705 g/mol. The number of hydrogen-bond donors (Lipinski definition) is 2. The zero-order chi connectivity index (χ0) is 37.2. The Labute approximate surface area is 305 Å². The van der Waals surface area contributed by atoms with Crippen molar-refractivity contribution in [1.82, 2.24) is 19.6 Å². The second kappa shape index (κ2) is 15.8. The van der Waals surface area contributed by atoms with Crippen LogP contribution in [-0.4, -0.2) is 107 Å². The number of nitrogens with two attached hydrogens (primary N) is 1. The zero-order valence-electron chi connectivity index (χ0n) is 28.7. The van der Waals surface area contributed by atoms with Gasteiger partial charge < -0.3 is 40.4 Å². The number of piperidine rings is 3. The van der Waals surface area contributed by atoms with Crippen LogP contribution in [0.3, 0.4) is 0 Å². The molecular formula is C36H43ClF3N6O6-. The van der Waals surface area contributed by atoms with Crippen molar-refractivity contribution in [3.8, 4) is 0 Å². The first-order valence-electron chi connectivity index (χ1n) is 17.8. The van der Waals surface area contributed by atoms with E-state index in [0.29, 0.717) is 51.6 Å². The lowest BCUT2D eigenvalue weighted by molar-refractivity contribution is -0.313. The predicted octanol–water partition coefficient (Wildman–Crippen LogP) is 4.14. The number of carbonyl (C=O) groups is 4. The second-order valence-corrected chi connectivity index (χ2v) is 14.4. The Morgan fingerprint density at radius 3 is 2.31 bits per heavy atom. The summed E-state index contributed by atoms with van der Waals surface area (Å²) in [5.74, 6) is -1.69. The first-order valence-corrected chi connectivity index (χ1v) is 18.2. The van der Waals surface area contributed by atoms with Gasteiger partial charge in [0.1, 0.15) is 0 Å². The fraction of sp³-hybridized carbons (Fsp3) is 0.556. The fourth-order valence-corrected chi connectivity index (χ4v) is 8.22. The van der Waals surface area contributed by atoms with Gasteiger partial charge in [-0.3, -0.25) is 9.69 Å². The van der Waals surface area contributed by atoms with Gasteiger partial charge >= 0.3 is 18.3 Å². The fourth-order valence-electron chi connectivity index (χ4n) is 7.98. The molecule has 0 aromatic heterocycles. The number of carbonyl (C=O) groups excluding carboxylic acids is 4. The minimum Gasteiger partial charge on any atom is -0.548 e. The van der Waals surface area contributed by atoms with E-state index in [9.17, 15) is 37.5 Å². The van der Waals surface area contributed by atoms with Gasteiger partial charge in [0.25, 0.3) is 5.91 Å². The van der Waals surface area contributed by atoms with Crippen LogP contribution >= 0.6 is 11.6 Å². The van der Waals surface area contributed by atoms with Crippen LogP contribution < -0.4 is 16.2 Å². The van der Waals surface area contributed by atoms with Crippen molar-refractivity contribution >= 4 is 47.0 Å². The summed E-state index contributed by atoms with van der Waals surface area (Å²) in [6, 6.07) is 8.54. The van der Waals surface area contributed by atoms with Crippen molar-refractivity contribution in [3.05, 3.63) is 58.1 Å². The maximum Gasteiger partial charge on any atom is 0.418 e. The van der Waals surface area contributed by atoms with Gasteiger partial charge in [-0.2, -0.15) is 13.2 Å². The maximum absolute atomic E-state index is 14.0. The predicted molar refractivity (Wildman–Crippen MR) is 184 cm³/mol. The third-order valence-electron chi connectivity index (χ3n) is 10.8. The number of para-hydroxylation sites is 1. The molecule has 2 atom stereocenters. The molecule has 4 aliphatic rings. The van der Waals surface area contributed by atoms with E-state index in [2.05, 4.69) is 5.32 Å². The van der Waals surface area contributed by atoms with E-state index in [1.807, 2.05) is 29.2 Å². The van der Waals surface area contributed by atoms with E-state index in [0.717, 1.165) is 30.2 Å². The van der Waals surface area contributed by atoms with Crippen LogP contribution in [0.4, 0.5) is 34.1 Å². The van der Waals surface area contributed by atoms with Crippen LogP contribution in [0.5, 0.6) is 0 Å². The summed E-state index contributed by atoms with van der Waals surface area (Å²) in [7, 11) is 0. The number of halogens is 4. The number of amides is 4. The molecule has 2 aromatic carbocycles. The standard InChI is InChI=1S/C36H44ClF3N6O6/c37-27-20-22(19-26(31(27)41)36(38,39)40)21-30(32(47)43-14-9-24(10-15-43)45-13-4-3-7-29(45)33(48)49)52-35(51)44-16-11-25(12-17-44)46-18-8-23-5-1-2-6-28(23)42-34(46)50/h1-2,5-6,19-20,24-25,29-30H,3-4,7-18,21,41H2,(H,42,50)(H,48,49)/p-1/t29-,30+/m0/s1. The molecule has 6 rings (SSSR count). The highest BCUT2D eigenvalue weighted by molar-refractivity contribution is 6.33. The number of anilines is 2. The topological polar surface area (TPSA) is 152 Å². The Hall–Kier alpha value is -4.24. The SMILES string of the molecule is Nc1c(Cl)cc(C[C@@H](OC(=O)N2CCC(N3CCc4ccccc4NC3=O)CC2)C(=O)N2CCC(N3CCCC[C@H]3C(=O)[O-])CC2)cc1C(F)(F)F. The smallest absolute Gasteiger partial charge is 0.418 e. The van der Waals surface area contributed by atoms with Gasteiger partial charge in [-0.05, 0) is 80.8 Å².